The van der Waals surface area contributed by atoms with Gasteiger partial charge in [0.15, 0.2) is 0 Å². The molecule has 0 spiro atoms. The molecule has 0 aliphatic rings. The topological polar surface area (TPSA) is 77.8 Å². The van der Waals surface area contributed by atoms with Gasteiger partial charge in [0.25, 0.3) is 0 Å². The van der Waals surface area contributed by atoms with Crippen LogP contribution in [0, 0.1) is 5.82 Å². The lowest BCUT2D eigenvalue weighted by Crippen LogP contribution is -2.12. The summed E-state index contributed by atoms with van der Waals surface area (Å²) in [6, 6.07) is 12.0. The largest absolute Gasteiger partial charge is 0.267 e. The van der Waals surface area contributed by atoms with Crippen molar-refractivity contribution < 1.29 is 9.23 Å². The van der Waals surface area contributed by atoms with Crippen LogP contribution in [0.2, 0.25) is 0 Å². The molecule has 0 fully saturated rings. The Morgan fingerprint density at radius 3 is 2.46 bits per heavy atom. The highest BCUT2D eigenvalue weighted by atomic mass is 19.1. The Balaban J connectivity index is 1.48. The molecular formula is C20H17FN6O. The second kappa shape index (κ2) is 7.93. The van der Waals surface area contributed by atoms with Gasteiger partial charge in [0.1, 0.15) is 17.7 Å². The van der Waals surface area contributed by atoms with E-state index in [1.54, 1.807) is 44.0 Å². The first-order valence-corrected chi connectivity index (χ1v) is 8.65. The van der Waals surface area contributed by atoms with E-state index < -0.39 is 6.10 Å². The molecule has 8 heteroatoms. The molecular weight excluding hydrogens is 359 g/mol. The summed E-state index contributed by atoms with van der Waals surface area (Å²) in [5.74, 6) is 0.181. The predicted octanol–water partition coefficient (Wildman–Crippen LogP) is 3.97. The Morgan fingerprint density at radius 2 is 1.75 bits per heavy atom. The fourth-order valence-electron chi connectivity index (χ4n) is 2.75. The Bertz CT molecular complexity index is 1040. The summed E-state index contributed by atoms with van der Waals surface area (Å²) in [5.41, 5.74) is 6.06. The molecule has 0 unspecified atom stereocenters. The van der Waals surface area contributed by atoms with E-state index in [1.807, 2.05) is 24.3 Å². The molecule has 3 heterocycles. The zero-order valence-corrected chi connectivity index (χ0v) is 15.0. The summed E-state index contributed by atoms with van der Waals surface area (Å²) in [4.78, 5) is 15.5. The summed E-state index contributed by atoms with van der Waals surface area (Å²) >= 11 is 0. The van der Waals surface area contributed by atoms with Gasteiger partial charge in [0.2, 0.25) is 0 Å². The zero-order valence-electron chi connectivity index (χ0n) is 15.0. The maximum absolute atomic E-state index is 13.8. The number of hydrogen-bond acceptors (Lipinski definition) is 6. The molecule has 4 rings (SSSR count). The fourth-order valence-corrected chi connectivity index (χ4v) is 2.75. The van der Waals surface area contributed by atoms with Crippen LogP contribution >= 0.6 is 0 Å². The van der Waals surface area contributed by atoms with E-state index in [4.69, 9.17) is 4.84 Å². The van der Waals surface area contributed by atoms with Gasteiger partial charge in [0, 0.05) is 29.7 Å². The molecule has 7 nitrogen and oxygen atoms in total. The van der Waals surface area contributed by atoms with Crippen LogP contribution in [0.5, 0.6) is 0 Å². The van der Waals surface area contributed by atoms with Crippen molar-refractivity contribution in [3.8, 4) is 16.8 Å². The smallest absolute Gasteiger partial charge is 0.149 e. The number of nitrogens with one attached hydrogen (secondary N) is 1. The van der Waals surface area contributed by atoms with Crippen LogP contribution in [0.15, 0.2) is 73.4 Å². The van der Waals surface area contributed by atoms with Gasteiger partial charge < -0.3 is 0 Å². The van der Waals surface area contributed by atoms with Gasteiger partial charge in [-0.2, -0.15) is 15.0 Å². The second-order valence-electron chi connectivity index (χ2n) is 6.05. The molecule has 3 aromatic heterocycles. The Morgan fingerprint density at radius 1 is 0.964 bits per heavy atom. The number of aromatic nitrogens is 5. The summed E-state index contributed by atoms with van der Waals surface area (Å²) < 4.78 is 13.8. The molecule has 0 bridgehead atoms. The van der Waals surface area contributed by atoms with Crippen molar-refractivity contribution in [3.05, 3.63) is 84.8 Å². The van der Waals surface area contributed by atoms with Crippen LogP contribution in [0.1, 0.15) is 18.6 Å². The monoisotopic (exact) mass is 376 g/mol. The van der Waals surface area contributed by atoms with Crippen molar-refractivity contribution >= 4 is 5.82 Å². The van der Waals surface area contributed by atoms with Crippen molar-refractivity contribution in [2.75, 3.05) is 5.48 Å². The van der Waals surface area contributed by atoms with E-state index in [2.05, 4.69) is 25.6 Å². The van der Waals surface area contributed by atoms with Gasteiger partial charge in [-0.05, 0) is 55.0 Å². The van der Waals surface area contributed by atoms with Crippen LogP contribution in [0.4, 0.5) is 10.2 Å². The molecule has 0 saturated carbocycles. The van der Waals surface area contributed by atoms with Crippen LogP contribution in [0.3, 0.4) is 0 Å². The molecule has 0 amide bonds. The maximum Gasteiger partial charge on any atom is 0.149 e. The molecule has 0 aliphatic carbocycles. The van der Waals surface area contributed by atoms with Crippen LogP contribution in [-0.4, -0.2) is 25.0 Å². The number of hydrogen-bond donors (Lipinski definition) is 1. The quantitative estimate of drug-likeness (QED) is 0.513. The van der Waals surface area contributed by atoms with Crippen LogP contribution < -0.4 is 5.48 Å². The Kier molecular flexibility index (Phi) is 5.03. The normalized spacial score (nSPS) is 11.9. The highest BCUT2D eigenvalue weighted by Crippen LogP contribution is 2.25. The number of halogens is 1. The van der Waals surface area contributed by atoms with Crippen LogP contribution in [0.25, 0.3) is 16.8 Å². The Hall–Kier alpha value is -3.65. The van der Waals surface area contributed by atoms with Gasteiger partial charge in [-0.1, -0.05) is 0 Å². The average molecular weight is 376 g/mol. The van der Waals surface area contributed by atoms with E-state index in [9.17, 15) is 4.39 Å². The van der Waals surface area contributed by atoms with Gasteiger partial charge >= 0.3 is 0 Å². The summed E-state index contributed by atoms with van der Waals surface area (Å²) in [7, 11) is 0. The lowest BCUT2D eigenvalue weighted by Gasteiger charge is -2.17. The minimum Gasteiger partial charge on any atom is -0.267 e. The minimum atomic E-state index is -0.474. The predicted molar refractivity (Wildman–Crippen MR) is 102 cm³/mol. The summed E-state index contributed by atoms with van der Waals surface area (Å²) in [6.45, 7) is 1.81. The molecule has 4 aromatic rings. The summed E-state index contributed by atoms with van der Waals surface area (Å²) in [5, 5.41) is 8.21. The fraction of sp³-hybridized carbons (Fsp3) is 0.100. The van der Waals surface area contributed by atoms with Crippen molar-refractivity contribution in [1.29, 1.82) is 0 Å². The average Bonchev–Trinajstić information content (AvgIpc) is 3.27. The third-order valence-electron chi connectivity index (χ3n) is 4.18. The van der Waals surface area contributed by atoms with Gasteiger partial charge in [-0.25, -0.2) is 14.9 Å². The molecule has 0 saturated heterocycles. The maximum atomic E-state index is 13.8. The SMILES string of the molecule is C[C@@H](ONc1ccc(-c2ccncc2)cn1)c1cc(F)ccc1-n1nccn1. The lowest BCUT2D eigenvalue weighted by atomic mass is 10.1. The molecule has 140 valence electrons. The first-order chi connectivity index (χ1) is 13.7. The van der Waals surface area contributed by atoms with Crippen LogP contribution in [-0.2, 0) is 4.84 Å². The van der Waals surface area contributed by atoms with Crippen molar-refractivity contribution in [3.63, 3.8) is 0 Å². The van der Waals surface area contributed by atoms with E-state index in [-0.39, 0.29) is 5.82 Å². The lowest BCUT2D eigenvalue weighted by molar-refractivity contribution is 0.114. The molecule has 1 atom stereocenters. The third kappa shape index (κ3) is 3.86. The van der Waals surface area contributed by atoms with Crippen molar-refractivity contribution in [1.82, 2.24) is 25.0 Å². The molecule has 0 radical (unpaired) electrons. The molecule has 1 N–H and O–H groups in total. The van der Waals surface area contributed by atoms with Gasteiger partial charge in [-0.3, -0.25) is 9.82 Å². The first-order valence-electron chi connectivity index (χ1n) is 8.65. The van der Waals surface area contributed by atoms with E-state index in [1.165, 1.54) is 16.9 Å². The van der Waals surface area contributed by atoms with E-state index >= 15 is 0 Å². The minimum absolute atomic E-state index is 0.360. The molecule has 0 aliphatic heterocycles. The third-order valence-corrected chi connectivity index (χ3v) is 4.18. The molecule has 28 heavy (non-hydrogen) atoms. The number of anilines is 1. The van der Waals surface area contributed by atoms with Crippen molar-refractivity contribution in [2.45, 2.75) is 13.0 Å². The van der Waals surface area contributed by atoms with E-state index in [0.717, 1.165) is 11.1 Å². The Labute approximate surface area is 160 Å². The first kappa shape index (κ1) is 17.7. The van der Waals surface area contributed by atoms with Gasteiger partial charge in [0.05, 0.1) is 18.1 Å². The summed E-state index contributed by atoms with van der Waals surface area (Å²) in [6.07, 6.45) is 7.86. The van der Waals surface area contributed by atoms with Gasteiger partial charge in [-0.15, -0.1) is 0 Å². The van der Waals surface area contributed by atoms with E-state index in [0.29, 0.717) is 17.1 Å². The standard InChI is InChI=1S/C20H17FN6O/c1-14(18-12-17(21)3-4-19(18)27-24-10-11-25-27)28-26-20-5-2-16(13-23-20)15-6-8-22-9-7-15/h2-14H,1H3,(H,23,26)/t14-/m1/s1. The molecule has 1 aromatic carbocycles. The zero-order chi connectivity index (χ0) is 19.3. The highest BCUT2D eigenvalue weighted by Gasteiger charge is 2.15. The second-order valence-corrected chi connectivity index (χ2v) is 6.05. The number of benzene rings is 1. The van der Waals surface area contributed by atoms with Crippen molar-refractivity contribution in [2.24, 2.45) is 0 Å². The number of rotatable bonds is 6. The number of nitrogens with zero attached hydrogens (tertiary/aromatic N) is 5. The highest BCUT2D eigenvalue weighted by molar-refractivity contribution is 5.62. The number of pyridine rings is 2.